The quantitative estimate of drug-likeness (QED) is 0.423. The van der Waals surface area contributed by atoms with Crippen LogP contribution in [-0.4, -0.2) is 16.6 Å². The van der Waals surface area contributed by atoms with Gasteiger partial charge in [-0.15, -0.1) is 0 Å². The molecule has 1 aliphatic carbocycles. The molecule has 126 valence electrons. The molecule has 6 rings (SSSR count). The second-order valence-corrected chi connectivity index (χ2v) is 6.01. The highest BCUT2D eigenvalue weighted by Gasteiger charge is 2.30. The molecule has 5 heteroatoms. The highest BCUT2D eigenvalue weighted by molar-refractivity contribution is 6.29. The number of benzene rings is 3. The first-order chi connectivity index (χ1) is 12.6. The minimum atomic E-state index is -0.173. The third kappa shape index (κ3) is 2.46. The minimum absolute atomic E-state index is 0.00926. The number of nitrogens with one attached hydrogen (secondary N) is 1. The molecular weight excluding hydrogens is 328 g/mol. The minimum Gasteiger partial charge on any atom is -0.398 e. The molecule has 5 aromatic rings. The molecular formula is C21H14N2O3. The number of fused-ring (bicyclic) bond motifs is 5. The van der Waals surface area contributed by atoms with Crippen LogP contribution >= 0.6 is 0 Å². The molecule has 0 aliphatic heterocycles. The zero-order valence-corrected chi connectivity index (χ0v) is 13.7. The summed E-state index contributed by atoms with van der Waals surface area (Å²) in [6, 6.07) is 19.2. The molecule has 0 radical (unpaired) electrons. The molecule has 2 bridgehead atoms. The predicted molar refractivity (Wildman–Crippen MR) is 99.9 cm³/mol. The fourth-order valence-electron chi connectivity index (χ4n) is 3.08. The van der Waals surface area contributed by atoms with E-state index in [0.717, 1.165) is 10.9 Å². The molecule has 0 spiro atoms. The summed E-state index contributed by atoms with van der Waals surface area (Å²) in [5.41, 5.74) is 8.64. The zero-order valence-electron chi connectivity index (χ0n) is 13.7. The smallest absolute Gasteiger partial charge is 0.255 e. The molecule has 3 N–H and O–H groups in total. The predicted octanol–water partition coefficient (Wildman–Crippen LogP) is 3.01. The van der Waals surface area contributed by atoms with Crippen LogP contribution in [0.1, 0.15) is 31.8 Å². The molecule has 0 saturated carbocycles. The Morgan fingerprint density at radius 1 is 0.654 bits per heavy atom. The van der Waals surface area contributed by atoms with Crippen molar-refractivity contribution < 1.29 is 9.59 Å². The summed E-state index contributed by atoms with van der Waals surface area (Å²) in [6.07, 6.45) is 0. The Bertz CT molecular complexity index is 1190. The number of anilines is 1. The standard InChI is InChI=1S/C14H9NO2.C7H5NO/c15-11-7-3-6-10-12(11)14(17)9-5-2-1-4-8(9)13(10)16;9-7-5-1-3-6(8-7)4-2-5/h1-7H,15H2;1-4H,(H,8,9). The Morgan fingerprint density at radius 2 is 1.27 bits per heavy atom. The molecule has 0 saturated heterocycles. The molecule has 26 heavy (non-hydrogen) atoms. The molecule has 0 fully saturated rings. The van der Waals surface area contributed by atoms with Gasteiger partial charge in [0.25, 0.3) is 5.56 Å². The highest BCUT2D eigenvalue weighted by Crippen LogP contribution is 2.30. The van der Waals surface area contributed by atoms with Crippen molar-refractivity contribution in [2.75, 3.05) is 5.73 Å². The highest BCUT2D eigenvalue weighted by atomic mass is 16.1. The number of aromatic nitrogens is 1. The van der Waals surface area contributed by atoms with E-state index in [2.05, 4.69) is 4.98 Å². The van der Waals surface area contributed by atoms with Gasteiger partial charge in [-0.05, 0) is 30.3 Å². The molecule has 0 unspecified atom stereocenters. The molecule has 1 aliphatic rings. The van der Waals surface area contributed by atoms with Crippen molar-refractivity contribution in [2.45, 2.75) is 0 Å². The summed E-state index contributed by atoms with van der Waals surface area (Å²) in [5.74, 6) is -0.309. The van der Waals surface area contributed by atoms with E-state index < -0.39 is 0 Å². The first-order valence-corrected chi connectivity index (χ1v) is 8.04. The lowest BCUT2D eigenvalue weighted by atomic mass is 9.83. The van der Waals surface area contributed by atoms with Crippen LogP contribution in [0, 0.1) is 0 Å². The van der Waals surface area contributed by atoms with Crippen LogP contribution in [0.15, 0.2) is 71.5 Å². The van der Waals surface area contributed by atoms with Crippen molar-refractivity contribution in [2.24, 2.45) is 0 Å². The van der Waals surface area contributed by atoms with Gasteiger partial charge in [-0.25, -0.2) is 0 Å². The van der Waals surface area contributed by atoms with Crippen molar-refractivity contribution in [3.05, 3.63) is 99.3 Å². The van der Waals surface area contributed by atoms with Crippen molar-refractivity contribution in [1.82, 2.24) is 4.98 Å². The van der Waals surface area contributed by atoms with E-state index in [9.17, 15) is 14.4 Å². The van der Waals surface area contributed by atoms with Gasteiger partial charge in [0, 0.05) is 33.3 Å². The maximum atomic E-state index is 12.2. The normalized spacial score (nSPS) is 12.3. The van der Waals surface area contributed by atoms with Gasteiger partial charge in [-0.2, -0.15) is 0 Å². The van der Waals surface area contributed by atoms with Crippen LogP contribution in [0.5, 0.6) is 0 Å². The van der Waals surface area contributed by atoms with Gasteiger partial charge in [0.15, 0.2) is 11.6 Å². The first kappa shape index (κ1) is 15.8. The number of carbonyl (C=O) groups is 2. The Hall–Kier alpha value is -3.73. The SMILES string of the molecule is Nc1cccc2c1C(=O)c1ccccc1C2=O.O=c1[nH]c2ccc1cc2. The molecule has 5 nitrogen and oxygen atoms in total. The molecule has 0 amide bonds. The van der Waals surface area contributed by atoms with Crippen LogP contribution < -0.4 is 11.3 Å². The number of ketones is 2. The van der Waals surface area contributed by atoms with E-state index in [4.69, 9.17) is 5.73 Å². The van der Waals surface area contributed by atoms with Crippen LogP contribution in [-0.2, 0) is 0 Å². The lowest BCUT2D eigenvalue weighted by Crippen LogP contribution is -2.22. The van der Waals surface area contributed by atoms with Crippen molar-refractivity contribution >= 4 is 28.2 Å². The van der Waals surface area contributed by atoms with E-state index in [1.165, 1.54) is 0 Å². The van der Waals surface area contributed by atoms with Gasteiger partial charge in [0.05, 0.1) is 5.56 Å². The molecule has 2 heterocycles. The van der Waals surface area contributed by atoms with Crippen molar-refractivity contribution in [3.8, 4) is 0 Å². The Balaban J connectivity index is 0.000000157. The van der Waals surface area contributed by atoms with Gasteiger partial charge in [0.2, 0.25) is 0 Å². The summed E-state index contributed by atoms with van der Waals surface area (Å²) in [4.78, 5) is 37.9. The Labute approximate surface area is 148 Å². The molecule has 2 aromatic heterocycles. The number of aromatic amines is 1. The van der Waals surface area contributed by atoms with E-state index in [-0.39, 0.29) is 17.1 Å². The fraction of sp³-hybridized carbons (Fsp3) is 0. The summed E-state index contributed by atoms with van der Waals surface area (Å²) in [5, 5.41) is 0.741. The third-order valence-electron chi connectivity index (χ3n) is 4.39. The third-order valence-corrected chi connectivity index (χ3v) is 4.39. The number of nitrogen functional groups attached to an aromatic ring is 1. The van der Waals surface area contributed by atoms with Gasteiger partial charge in [-0.3, -0.25) is 14.4 Å². The molecule has 3 aromatic carbocycles. The first-order valence-electron chi connectivity index (χ1n) is 8.04. The van der Waals surface area contributed by atoms with E-state index in [0.29, 0.717) is 27.9 Å². The van der Waals surface area contributed by atoms with E-state index in [1.807, 2.05) is 24.3 Å². The number of nitrogens with two attached hydrogens (primary N) is 1. The largest absolute Gasteiger partial charge is 0.398 e. The van der Waals surface area contributed by atoms with Gasteiger partial charge >= 0.3 is 0 Å². The van der Waals surface area contributed by atoms with Crippen LogP contribution in [0.3, 0.4) is 0 Å². The van der Waals surface area contributed by atoms with Crippen molar-refractivity contribution in [3.63, 3.8) is 0 Å². The average molecular weight is 342 g/mol. The monoisotopic (exact) mass is 342 g/mol. The Kier molecular flexibility index (Phi) is 3.62. The topological polar surface area (TPSA) is 93.0 Å². The summed E-state index contributed by atoms with van der Waals surface area (Å²) in [6.45, 7) is 0. The summed E-state index contributed by atoms with van der Waals surface area (Å²) in [7, 11) is 0. The second-order valence-electron chi connectivity index (χ2n) is 6.01. The second kappa shape index (κ2) is 5.97. The van der Waals surface area contributed by atoms with E-state index >= 15 is 0 Å². The lowest BCUT2D eigenvalue weighted by molar-refractivity contribution is 0.0979. The van der Waals surface area contributed by atoms with Crippen molar-refractivity contribution in [1.29, 1.82) is 0 Å². The number of pyridine rings is 2. The maximum Gasteiger partial charge on any atom is 0.255 e. The number of rotatable bonds is 0. The lowest BCUT2D eigenvalue weighted by Gasteiger charge is -2.18. The number of hydrogen-bond donors (Lipinski definition) is 2. The zero-order chi connectivity index (χ0) is 18.3. The van der Waals surface area contributed by atoms with Crippen LogP contribution in [0.2, 0.25) is 0 Å². The van der Waals surface area contributed by atoms with Crippen LogP contribution in [0.4, 0.5) is 5.69 Å². The number of H-pyrrole nitrogens is 1. The van der Waals surface area contributed by atoms with Gasteiger partial charge < -0.3 is 10.7 Å². The number of carbonyl (C=O) groups excluding carboxylic acids is 2. The maximum absolute atomic E-state index is 12.2. The molecule has 0 atom stereocenters. The summed E-state index contributed by atoms with van der Waals surface area (Å²) < 4.78 is 0. The van der Waals surface area contributed by atoms with Gasteiger partial charge in [0.1, 0.15) is 0 Å². The van der Waals surface area contributed by atoms with Crippen LogP contribution in [0.25, 0.3) is 10.9 Å². The Morgan fingerprint density at radius 3 is 1.81 bits per heavy atom. The average Bonchev–Trinajstić information content (AvgIpc) is 2.67. The van der Waals surface area contributed by atoms with E-state index in [1.54, 1.807) is 42.5 Å². The summed E-state index contributed by atoms with van der Waals surface area (Å²) >= 11 is 0. The number of hydrogen-bond acceptors (Lipinski definition) is 4. The van der Waals surface area contributed by atoms with Gasteiger partial charge in [-0.1, -0.05) is 36.4 Å². The fourth-order valence-corrected chi connectivity index (χ4v) is 3.08.